The second-order valence-electron chi connectivity index (χ2n) is 6.00. The van der Waals surface area contributed by atoms with Gasteiger partial charge in [-0.2, -0.15) is 0 Å². The van der Waals surface area contributed by atoms with Gasteiger partial charge in [0.05, 0.1) is 17.7 Å². The Kier molecular flexibility index (Phi) is 4.37. The number of H-pyrrole nitrogens is 1. The summed E-state index contributed by atoms with van der Waals surface area (Å²) >= 11 is 6.16. The van der Waals surface area contributed by atoms with E-state index in [9.17, 15) is 9.59 Å². The maximum absolute atomic E-state index is 12.7. The molecule has 0 radical (unpaired) electrons. The molecule has 1 amide bonds. The third-order valence-electron chi connectivity index (χ3n) is 4.35. The van der Waals surface area contributed by atoms with Crippen molar-refractivity contribution in [1.82, 2.24) is 10.3 Å². The number of aromatic nitrogens is 1. The minimum Gasteiger partial charge on any atom is -0.492 e. The first-order valence-electron chi connectivity index (χ1n) is 7.82. The van der Waals surface area contributed by atoms with Crippen LogP contribution in [0.3, 0.4) is 0 Å². The zero-order valence-corrected chi connectivity index (χ0v) is 14.6. The Morgan fingerprint density at radius 3 is 2.75 bits per heavy atom. The number of Topliss-reactive ketones (excluding diaryl/α,β-unsaturated/α-hetero) is 1. The Morgan fingerprint density at radius 1 is 1.33 bits per heavy atom. The van der Waals surface area contributed by atoms with E-state index in [1.807, 2.05) is 12.1 Å². The van der Waals surface area contributed by atoms with E-state index in [1.54, 1.807) is 19.9 Å². The van der Waals surface area contributed by atoms with Crippen molar-refractivity contribution in [3.05, 3.63) is 51.3 Å². The van der Waals surface area contributed by atoms with E-state index in [0.29, 0.717) is 46.3 Å². The molecule has 24 heavy (non-hydrogen) atoms. The molecule has 0 spiro atoms. The van der Waals surface area contributed by atoms with Crippen LogP contribution in [-0.4, -0.2) is 23.3 Å². The molecule has 5 nitrogen and oxygen atoms in total. The molecular formula is C18H19ClN2O3. The minimum atomic E-state index is -0.235. The molecule has 1 atom stereocenters. The van der Waals surface area contributed by atoms with E-state index in [2.05, 4.69) is 10.3 Å². The molecule has 2 heterocycles. The molecule has 2 aromatic rings. The van der Waals surface area contributed by atoms with Gasteiger partial charge in [0.2, 0.25) is 0 Å². The predicted molar refractivity (Wildman–Crippen MR) is 92.0 cm³/mol. The standard InChI is InChI=1S/C18H19ClN2O3/c1-9-15(11(3)22)10(2)20-16(9)18(23)21-14-7-8-24-17-12(14)5-4-6-13(17)19/h4-6,14,20H,7-8H2,1-3H3,(H,21,23). The third-order valence-corrected chi connectivity index (χ3v) is 4.65. The van der Waals surface area contributed by atoms with Crippen molar-refractivity contribution in [2.24, 2.45) is 0 Å². The van der Waals surface area contributed by atoms with E-state index in [0.717, 1.165) is 5.56 Å². The van der Waals surface area contributed by atoms with E-state index in [4.69, 9.17) is 16.3 Å². The number of benzene rings is 1. The molecule has 0 bridgehead atoms. The van der Waals surface area contributed by atoms with E-state index >= 15 is 0 Å². The lowest BCUT2D eigenvalue weighted by Gasteiger charge is -2.27. The van der Waals surface area contributed by atoms with Gasteiger partial charge in [0, 0.05) is 23.2 Å². The van der Waals surface area contributed by atoms with Crippen LogP contribution in [0.4, 0.5) is 0 Å². The molecule has 1 aliphatic rings. The lowest BCUT2D eigenvalue weighted by molar-refractivity contribution is 0.0919. The number of rotatable bonds is 3. The normalized spacial score (nSPS) is 16.2. The fourth-order valence-corrected chi connectivity index (χ4v) is 3.51. The number of aromatic amines is 1. The Labute approximate surface area is 145 Å². The van der Waals surface area contributed by atoms with E-state index in [-0.39, 0.29) is 17.7 Å². The van der Waals surface area contributed by atoms with Crippen LogP contribution in [0.1, 0.15) is 57.1 Å². The van der Waals surface area contributed by atoms with Crippen molar-refractivity contribution in [2.45, 2.75) is 33.2 Å². The number of aryl methyl sites for hydroxylation is 1. The number of carbonyl (C=O) groups is 2. The summed E-state index contributed by atoms with van der Waals surface area (Å²) in [4.78, 5) is 27.4. The van der Waals surface area contributed by atoms with Crippen LogP contribution in [0.5, 0.6) is 5.75 Å². The summed E-state index contributed by atoms with van der Waals surface area (Å²) in [6.07, 6.45) is 0.664. The zero-order valence-electron chi connectivity index (χ0n) is 13.8. The van der Waals surface area contributed by atoms with Gasteiger partial charge in [0.1, 0.15) is 11.4 Å². The number of hydrogen-bond donors (Lipinski definition) is 2. The van der Waals surface area contributed by atoms with Crippen molar-refractivity contribution < 1.29 is 14.3 Å². The molecule has 126 valence electrons. The maximum atomic E-state index is 12.7. The Hall–Kier alpha value is -2.27. The molecule has 0 aliphatic carbocycles. The summed E-state index contributed by atoms with van der Waals surface area (Å²) in [7, 11) is 0. The Bertz CT molecular complexity index is 826. The van der Waals surface area contributed by atoms with Crippen LogP contribution < -0.4 is 10.1 Å². The summed E-state index contributed by atoms with van der Waals surface area (Å²) in [5.74, 6) is 0.337. The molecule has 3 rings (SSSR count). The molecule has 1 unspecified atom stereocenters. The molecule has 1 aliphatic heterocycles. The monoisotopic (exact) mass is 346 g/mol. The van der Waals surface area contributed by atoms with Crippen molar-refractivity contribution in [2.75, 3.05) is 6.61 Å². The zero-order chi connectivity index (χ0) is 17.4. The van der Waals surface area contributed by atoms with Crippen molar-refractivity contribution >= 4 is 23.3 Å². The van der Waals surface area contributed by atoms with Crippen LogP contribution in [0.2, 0.25) is 5.02 Å². The SMILES string of the molecule is CC(=O)c1c(C)[nH]c(C(=O)NC2CCOc3c(Cl)cccc32)c1C. The second-order valence-corrected chi connectivity index (χ2v) is 6.41. The minimum absolute atomic E-state index is 0.0523. The highest BCUT2D eigenvalue weighted by molar-refractivity contribution is 6.32. The van der Waals surface area contributed by atoms with Gasteiger partial charge in [0.25, 0.3) is 5.91 Å². The van der Waals surface area contributed by atoms with Gasteiger partial charge in [-0.15, -0.1) is 0 Å². The van der Waals surface area contributed by atoms with Gasteiger partial charge in [0.15, 0.2) is 5.78 Å². The number of carbonyl (C=O) groups excluding carboxylic acids is 2. The van der Waals surface area contributed by atoms with E-state index in [1.165, 1.54) is 6.92 Å². The first kappa shape index (κ1) is 16.6. The van der Waals surface area contributed by atoms with Crippen molar-refractivity contribution in [3.63, 3.8) is 0 Å². The average molecular weight is 347 g/mol. The van der Waals surface area contributed by atoms with Gasteiger partial charge in [-0.1, -0.05) is 23.7 Å². The van der Waals surface area contributed by atoms with Gasteiger partial charge < -0.3 is 15.0 Å². The largest absolute Gasteiger partial charge is 0.492 e. The van der Waals surface area contributed by atoms with Gasteiger partial charge in [-0.05, 0) is 32.4 Å². The molecule has 0 saturated heterocycles. The van der Waals surface area contributed by atoms with Crippen molar-refractivity contribution in [1.29, 1.82) is 0 Å². The van der Waals surface area contributed by atoms with Crippen LogP contribution in [-0.2, 0) is 0 Å². The summed E-state index contributed by atoms with van der Waals surface area (Å²) in [5.41, 5.74) is 3.26. The number of halogens is 1. The number of fused-ring (bicyclic) bond motifs is 1. The lowest BCUT2D eigenvalue weighted by atomic mass is 10.00. The van der Waals surface area contributed by atoms with Crippen LogP contribution >= 0.6 is 11.6 Å². The van der Waals surface area contributed by atoms with Crippen molar-refractivity contribution in [3.8, 4) is 5.75 Å². The summed E-state index contributed by atoms with van der Waals surface area (Å²) in [6, 6.07) is 5.33. The smallest absolute Gasteiger partial charge is 0.268 e. The van der Waals surface area contributed by atoms with Gasteiger partial charge >= 0.3 is 0 Å². The summed E-state index contributed by atoms with van der Waals surface area (Å²) in [6.45, 7) is 5.57. The van der Waals surface area contributed by atoms with Crippen LogP contribution in [0.15, 0.2) is 18.2 Å². The maximum Gasteiger partial charge on any atom is 0.268 e. The van der Waals surface area contributed by atoms with Crippen LogP contribution in [0.25, 0.3) is 0 Å². The Balaban J connectivity index is 1.89. The summed E-state index contributed by atoms with van der Waals surface area (Å²) < 4.78 is 5.61. The highest BCUT2D eigenvalue weighted by atomic mass is 35.5. The third kappa shape index (κ3) is 2.80. The molecule has 1 aromatic carbocycles. The fourth-order valence-electron chi connectivity index (χ4n) is 3.27. The van der Waals surface area contributed by atoms with Gasteiger partial charge in [-0.3, -0.25) is 9.59 Å². The number of ether oxygens (including phenoxy) is 1. The molecular weight excluding hydrogens is 328 g/mol. The average Bonchev–Trinajstić information content (AvgIpc) is 2.83. The lowest BCUT2D eigenvalue weighted by Crippen LogP contribution is -2.32. The Morgan fingerprint density at radius 2 is 2.08 bits per heavy atom. The highest BCUT2D eigenvalue weighted by Gasteiger charge is 2.27. The highest BCUT2D eigenvalue weighted by Crippen LogP contribution is 2.37. The predicted octanol–water partition coefficient (Wildman–Crippen LogP) is 3.74. The molecule has 1 aromatic heterocycles. The number of nitrogens with one attached hydrogen (secondary N) is 2. The first-order chi connectivity index (χ1) is 11.4. The molecule has 6 heteroatoms. The fraction of sp³-hybridized carbons (Fsp3) is 0.333. The molecule has 2 N–H and O–H groups in total. The molecule has 0 fully saturated rings. The second kappa shape index (κ2) is 6.32. The first-order valence-corrected chi connectivity index (χ1v) is 8.20. The number of hydrogen-bond acceptors (Lipinski definition) is 3. The topological polar surface area (TPSA) is 71.2 Å². The molecule has 0 saturated carbocycles. The number of amides is 1. The van der Waals surface area contributed by atoms with Gasteiger partial charge in [-0.25, -0.2) is 0 Å². The van der Waals surface area contributed by atoms with E-state index < -0.39 is 0 Å². The quantitative estimate of drug-likeness (QED) is 0.831. The number of para-hydroxylation sites is 1. The number of ketones is 1. The summed E-state index contributed by atoms with van der Waals surface area (Å²) in [5, 5.41) is 3.56. The van der Waals surface area contributed by atoms with Crippen LogP contribution in [0, 0.1) is 13.8 Å².